The average molecular weight is 340 g/mol. The van der Waals surface area contributed by atoms with Crippen molar-refractivity contribution in [1.82, 2.24) is 19.3 Å². The summed E-state index contributed by atoms with van der Waals surface area (Å²) < 4.78 is 16.4. The summed E-state index contributed by atoms with van der Waals surface area (Å²) in [4.78, 5) is 18.0. The first kappa shape index (κ1) is 14.8. The molecule has 120 valence electrons. The van der Waals surface area contributed by atoms with Crippen molar-refractivity contribution in [2.45, 2.75) is 6.54 Å². The predicted molar refractivity (Wildman–Crippen MR) is 91.6 cm³/mol. The van der Waals surface area contributed by atoms with Crippen LogP contribution >= 0.6 is 11.3 Å². The number of halogens is 1. The van der Waals surface area contributed by atoms with E-state index in [1.807, 2.05) is 18.6 Å². The lowest BCUT2D eigenvalue weighted by atomic mass is 10.1. The number of aryl methyl sites for hydroxylation is 1. The molecule has 0 N–H and O–H groups in total. The van der Waals surface area contributed by atoms with Crippen LogP contribution in [0.25, 0.3) is 21.3 Å². The van der Waals surface area contributed by atoms with Gasteiger partial charge in [-0.3, -0.25) is 14.0 Å². The fourth-order valence-electron chi connectivity index (χ4n) is 2.67. The molecule has 0 fully saturated rings. The first-order valence-electron chi connectivity index (χ1n) is 7.32. The lowest BCUT2D eigenvalue weighted by Gasteiger charge is -2.05. The molecular formula is C17H13FN4OS. The summed E-state index contributed by atoms with van der Waals surface area (Å²) in [7, 11) is 1.83. The topological polar surface area (TPSA) is 52.7 Å². The minimum absolute atomic E-state index is 0.107. The lowest BCUT2D eigenvalue weighted by Crippen LogP contribution is -2.20. The van der Waals surface area contributed by atoms with Gasteiger partial charge in [0.25, 0.3) is 5.56 Å². The Kier molecular flexibility index (Phi) is 3.50. The van der Waals surface area contributed by atoms with Crippen molar-refractivity contribution >= 4 is 21.6 Å². The number of aromatic nitrogens is 4. The molecule has 4 rings (SSSR count). The molecule has 0 saturated heterocycles. The minimum atomic E-state index is -0.301. The molecule has 0 spiro atoms. The Morgan fingerprint density at radius 3 is 2.75 bits per heavy atom. The SMILES string of the molecule is Cn1cc(Cn2cnc3scc(-c4ccc(F)cc4)c3c2=O)cn1. The summed E-state index contributed by atoms with van der Waals surface area (Å²) >= 11 is 1.41. The number of hydrogen-bond acceptors (Lipinski definition) is 4. The normalized spacial score (nSPS) is 11.2. The largest absolute Gasteiger partial charge is 0.294 e. The van der Waals surface area contributed by atoms with Crippen molar-refractivity contribution in [3.63, 3.8) is 0 Å². The van der Waals surface area contributed by atoms with E-state index in [0.717, 1.165) is 16.7 Å². The maximum atomic E-state index is 13.1. The first-order chi connectivity index (χ1) is 11.6. The number of rotatable bonds is 3. The molecular weight excluding hydrogens is 327 g/mol. The summed E-state index contributed by atoms with van der Waals surface area (Å²) in [5, 5.41) is 6.57. The molecule has 0 aliphatic rings. The predicted octanol–water partition coefficient (Wildman–Crippen LogP) is 3.05. The van der Waals surface area contributed by atoms with Crippen molar-refractivity contribution in [3.8, 4) is 11.1 Å². The lowest BCUT2D eigenvalue weighted by molar-refractivity contribution is 0.628. The van der Waals surface area contributed by atoms with Crippen LogP contribution in [-0.4, -0.2) is 19.3 Å². The van der Waals surface area contributed by atoms with Crippen molar-refractivity contribution in [3.05, 3.63) is 70.1 Å². The van der Waals surface area contributed by atoms with Crippen LogP contribution in [0.2, 0.25) is 0 Å². The number of nitrogens with zero attached hydrogens (tertiary/aromatic N) is 4. The number of benzene rings is 1. The van der Waals surface area contributed by atoms with Gasteiger partial charge in [-0.05, 0) is 17.7 Å². The first-order valence-corrected chi connectivity index (χ1v) is 8.20. The van der Waals surface area contributed by atoms with E-state index in [-0.39, 0.29) is 11.4 Å². The Morgan fingerprint density at radius 2 is 2.04 bits per heavy atom. The third kappa shape index (κ3) is 2.52. The van der Waals surface area contributed by atoms with Gasteiger partial charge in [0.05, 0.1) is 24.5 Å². The average Bonchev–Trinajstić information content (AvgIpc) is 3.18. The molecule has 0 aliphatic heterocycles. The Bertz CT molecular complexity index is 1080. The Morgan fingerprint density at radius 1 is 1.25 bits per heavy atom. The molecule has 0 radical (unpaired) electrons. The van der Waals surface area contributed by atoms with E-state index in [4.69, 9.17) is 0 Å². The standard InChI is InChI=1S/C17H13FN4OS/c1-21-7-11(6-20-21)8-22-10-19-16-15(17(22)23)14(9-24-16)12-2-4-13(18)5-3-12/h2-7,9-10H,8H2,1H3. The molecule has 0 atom stereocenters. The van der Waals surface area contributed by atoms with Gasteiger partial charge >= 0.3 is 0 Å². The van der Waals surface area contributed by atoms with Crippen molar-refractivity contribution in [2.75, 3.05) is 0 Å². The zero-order valence-electron chi connectivity index (χ0n) is 12.8. The van der Waals surface area contributed by atoms with Gasteiger partial charge in [-0.15, -0.1) is 11.3 Å². The highest BCUT2D eigenvalue weighted by atomic mass is 32.1. The quantitative estimate of drug-likeness (QED) is 0.576. The molecule has 3 heterocycles. The third-order valence-corrected chi connectivity index (χ3v) is 4.71. The van der Waals surface area contributed by atoms with Gasteiger partial charge in [0.15, 0.2) is 0 Å². The number of hydrogen-bond donors (Lipinski definition) is 0. The van der Waals surface area contributed by atoms with E-state index in [1.165, 1.54) is 23.5 Å². The fraction of sp³-hybridized carbons (Fsp3) is 0.118. The summed E-state index contributed by atoms with van der Waals surface area (Å²) in [6.07, 6.45) is 5.15. The second-order valence-electron chi connectivity index (χ2n) is 5.54. The van der Waals surface area contributed by atoms with Gasteiger partial charge in [-0.25, -0.2) is 9.37 Å². The highest BCUT2D eigenvalue weighted by Crippen LogP contribution is 2.30. The van der Waals surface area contributed by atoms with Crippen LogP contribution in [0, 0.1) is 5.82 Å². The van der Waals surface area contributed by atoms with E-state index >= 15 is 0 Å². The van der Waals surface area contributed by atoms with Crippen LogP contribution < -0.4 is 5.56 Å². The van der Waals surface area contributed by atoms with Crippen LogP contribution in [0.5, 0.6) is 0 Å². The van der Waals surface area contributed by atoms with Crippen LogP contribution in [0.15, 0.2) is 53.2 Å². The molecule has 0 amide bonds. The van der Waals surface area contributed by atoms with Crippen LogP contribution in [0.3, 0.4) is 0 Å². The smallest absolute Gasteiger partial charge is 0.263 e. The zero-order chi connectivity index (χ0) is 16.7. The van der Waals surface area contributed by atoms with Gasteiger partial charge in [-0.2, -0.15) is 5.10 Å². The van der Waals surface area contributed by atoms with E-state index in [9.17, 15) is 9.18 Å². The minimum Gasteiger partial charge on any atom is -0.294 e. The molecule has 24 heavy (non-hydrogen) atoms. The molecule has 4 aromatic rings. The van der Waals surface area contributed by atoms with Crippen LogP contribution in [-0.2, 0) is 13.6 Å². The maximum Gasteiger partial charge on any atom is 0.263 e. The van der Waals surface area contributed by atoms with Gasteiger partial charge < -0.3 is 0 Å². The Hall–Kier alpha value is -2.80. The van der Waals surface area contributed by atoms with Crippen LogP contribution in [0.4, 0.5) is 4.39 Å². The van der Waals surface area contributed by atoms with Crippen LogP contribution in [0.1, 0.15) is 5.56 Å². The van der Waals surface area contributed by atoms with E-state index in [1.54, 1.807) is 33.9 Å². The van der Waals surface area contributed by atoms with Crippen molar-refractivity contribution in [2.24, 2.45) is 7.05 Å². The highest BCUT2D eigenvalue weighted by Gasteiger charge is 2.13. The summed E-state index contributed by atoms with van der Waals surface area (Å²) in [5.41, 5.74) is 2.41. The Labute approximate surface area is 140 Å². The Balaban J connectivity index is 1.84. The zero-order valence-corrected chi connectivity index (χ0v) is 13.6. The summed E-state index contributed by atoms with van der Waals surface area (Å²) in [6.45, 7) is 0.411. The summed E-state index contributed by atoms with van der Waals surface area (Å²) in [5.74, 6) is -0.301. The fourth-order valence-corrected chi connectivity index (χ4v) is 3.58. The van der Waals surface area contributed by atoms with Gasteiger partial charge in [-0.1, -0.05) is 12.1 Å². The maximum absolute atomic E-state index is 13.1. The molecule has 3 aromatic heterocycles. The molecule has 0 saturated carbocycles. The van der Waals surface area contributed by atoms with Crippen molar-refractivity contribution in [1.29, 1.82) is 0 Å². The second kappa shape index (κ2) is 5.68. The molecule has 0 bridgehead atoms. The van der Waals surface area contributed by atoms with Crippen molar-refractivity contribution < 1.29 is 4.39 Å². The molecule has 0 aliphatic carbocycles. The summed E-state index contributed by atoms with van der Waals surface area (Å²) in [6, 6.07) is 6.14. The molecule has 1 aromatic carbocycles. The highest BCUT2D eigenvalue weighted by molar-refractivity contribution is 7.17. The van der Waals surface area contributed by atoms with E-state index in [2.05, 4.69) is 10.1 Å². The van der Waals surface area contributed by atoms with Gasteiger partial charge in [0.1, 0.15) is 10.6 Å². The molecule has 5 nitrogen and oxygen atoms in total. The molecule has 7 heteroatoms. The monoisotopic (exact) mass is 340 g/mol. The third-order valence-electron chi connectivity index (χ3n) is 3.83. The number of fused-ring (bicyclic) bond motifs is 1. The van der Waals surface area contributed by atoms with E-state index < -0.39 is 0 Å². The molecule has 0 unspecified atom stereocenters. The second-order valence-corrected chi connectivity index (χ2v) is 6.39. The van der Waals surface area contributed by atoms with Gasteiger partial charge in [0.2, 0.25) is 0 Å². The van der Waals surface area contributed by atoms with Gasteiger partial charge in [0, 0.05) is 29.8 Å². The van der Waals surface area contributed by atoms with E-state index in [0.29, 0.717) is 16.8 Å². The number of thiophene rings is 1.